The van der Waals surface area contributed by atoms with Crippen LogP contribution in [0.4, 0.5) is 10.5 Å². The van der Waals surface area contributed by atoms with Gasteiger partial charge in [0.25, 0.3) is 0 Å². The summed E-state index contributed by atoms with van der Waals surface area (Å²) < 4.78 is 11.6. The molecule has 6 atom stereocenters. The molecule has 3 fully saturated rings. The highest BCUT2D eigenvalue weighted by atomic mass is 35.5. The molecule has 3 aromatic carbocycles. The number of hydrogen-bond acceptors (Lipinski definition) is 8. The number of likely N-dealkylation sites (tertiary alicyclic amines) is 1. The Kier molecular flexibility index (Phi) is 7.12. The van der Waals surface area contributed by atoms with Gasteiger partial charge in [-0.3, -0.25) is 19.2 Å². The average molecular weight is 656 g/mol. The van der Waals surface area contributed by atoms with E-state index in [0.717, 1.165) is 4.90 Å². The molecule has 47 heavy (non-hydrogen) atoms. The van der Waals surface area contributed by atoms with Gasteiger partial charge in [-0.25, -0.2) is 9.69 Å². The highest BCUT2D eigenvalue weighted by molar-refractivity contribution is 6.32. The third-order valence-electron chi connectivity index (χ3n) is 10.2. The van der Waals surface area contributed by atoms with Gasteiger partial charge in [0.1, 0.15) is 17.2 Å². The molecular formula is C35H30ClN3O8. The number of carbonyl (C=O) groups excluding carboxylic acids is 5. The van der Waals surface area contributed by atoms with Gasteiger partial charge in [0.05, 0.1) is 43.1 Å². The number of rotatable bonds is 5. The van der Waals surface area contributed by atoms with Crippen molar-refractivity contribution in [2.75, 3.05) is 19.1 Å². The second-order valence-corrected chi connectivity index (χ2v) is 12.6. The molecule has 12 heteroatoms. The van der Waals surface area contributed by atoms with Gasteiger partial charge in [-0.1, -0.05) is 59.6 Å². The fourth-order valence-electron chi connectivity index (χ4n) is 8.48. The molecule has 6 amide bonds. The number of urea groups is 1. The smallest absolute Gasteiger partial charge is 0.328 e. The summed E-state index contributed by atoms with van der Waals surface area (Å²) >= 11 is 6.34. The van der Waals surface area contributed by atoms with Gasteiger partial charge in [-0.2, -0.15) is 4.90 Å². The van der Waals surface area contributed by atoms with E-state index in [1.165, 1.54) is 32.4 Å². The molecule has 11 nitrogen and oxygen atoms in total. The van der Waals surface area contributed by atoms with Crippen LogP contribution in [0.1, 0.15) is 29.9 Å². The first-order valence-electron chi connectivity index (χ1n) is 15.1. The van der Waals surface area contributed by atoms with Crippen molar-refractivity contribution in [3.63, 3.8) is 0 Å². The average Bonchev–Trinajstić information content (AvgIpc) is 3.45. The number of fused-ring (bicyclic) bond motifs is 4. The molecule has 3 N–H and O–H groups in total. The molecule has 1 saturated carbocycles. The van der Waals surface area contributed by atoms with Crippen molar-refractivity contribution in [3.05, 3.63) is 94.5 Å². The monoisotopic (exact) mass is 655 g/mol. The number of phenols is 1. The Morgan fingerprint density at radius 1 is 0.915 bits per heavy atom. The first-order chi connectivity index (χ1) is 22.6. The Bertz CT molecular complexity index is 1890. The van der Waals surface area contributed by atoms with Gasteiger partial charge in [0.15, 0.2) is 0 Å². The van der Waals surface area contributed by atoms with E-state index in [2.05, 4.69) is 0 Å². The van der Waals surface area contributed by atoms with Gasteiger partial charge >= 0.3 is 6.03 Å². The standard InChI is InChI=1S/C35H30ClN3O8/c1-46-25-14-20(40)15-26(47-2)28(25)29-21-11-12-22-27(32(43)39(30(22)41)34(37)45)23(21)16-24-31(42)38(19-10-6-9-18(36)13-19)33(44)35(24,29)17-7-4-3-5-8-17/h3-11,13-15,22-24,27,29,40H,12,16H2,1-2H3,(H2,37,45). The Balaban J connectivity index is 1.56. The molecular weight excluding hydrogens is 626 g/mol. The van der Waals surface area contributed by atoms with Crippen molar-refractivity contribution in [2.24, 2.45) is 29.4 Å². The molecule has 2 aliphatic heterocycles. The van der Waals surface area contributed by atoms with Gasteiger partial charge < -0.3 is 20.3 Å². The van der Waals surface area contributed by atoms with Crippen LogP contribution in [0.5, 0.6) is 17.2 Å². The minimum atomic E-state index is -1.59. The predicted molar refractivity (Wildman–Crippen MR) is 169 cm³/mol. The molecule has 2 aliphatic carbocycles. The van der Waals surface area contributed by atoms with Crippen molar-refractivity contribution in [1.29, 1.82) is 0 Å². The van der Waals surface area contributed by atoms with Crippen molar-refractivity contribution < 1.29 is 38.6 Å². The molecule has 240 valence electrons. The predicted octanol–water partition coefficient (Wildman–Crippen LogP) is 4.30. The molecule has 6 unspecified atom stereocenters. The second-order valence-electron chi connectivity index (χ2n) is 12.2. The summed E-state index contributed by atoms with van der Waals surface area (Å²) in [7, 11) is 2.83. The summed E-state index contributed by atoms with van der Waals surface area (Å²) in [6.07, 6.45) is 1.95. The number of carbonyl (C=O) groups is 5. The summed E-state index contributed by atoms with van der Waals surface area (Å²) in [6.45, 7) is 0. The molecule has 0 spiro atoms. The zero-order chi connectivity index (χ0) is 33.4. The number of ether oxygens (including phenoxy) is 2. The molecule has 0 bridgehead atoms. The maximum absolute atomic E-state index is 15.3. The van der Waals surface area contributed by atoms with Gasteiger partial charge in [0.2, 0.25) is 23.6 Å². The fraction of sp³-hybridized carbons (Fsp3) is 0.286. The first-order valence-corrected chi connectivity index (χ1v) is 15.5. The van der Waals surface area contributed by atoms with Crippen LogP contribution in [0.15, 0.2) is 78.4 Å². The number of nitrogens with zero attached hydrogens (tertiary/aromatic N) is 2. The van der Waals surface area contributed by atoms with Crippen LogP contribution in [0.25, 0.3) is 0 Å². The Morgan fingerprint density at radius 3 is 2.21 bits per heavy atom. The number of imide groups is 4. The number of methoxy groups -OCH3 is 2. The third-order valence-corrected chi connectivity index (χ3v) is 10.4. The van der Waals surface area contributed by atoms with E-state index in [0.29, 0.717) is 26.6 Å². The number of hydrogen-bond donors (Lipinski definition) is 2. The first kappa shape index (κ1) is 30.5. The lowest BCUT2D eigenvalue weighted by Gasteiger charge is -2.51. The van der Waals surface area contributed by atoms with Gasteiger partial charge in [0, 0.05) is 28.6 Å². The minimum Gasteiger partial charge on any atom is -0.508 e. The second kappa shape index (κ2) is 11.0. The van der Waals surface area contributed by atoms with E-state index in [9.17, 15) is 24.3 Å². The molecule has 2 saturated heterocycles. The minimum absolute atomic E-state index is 0.0222. The largest absolute Gasteiger partial charge is 0.508 e. The van der Waals surface area contributed by atoms with E-state index >= 15 is 4.79 Å². The van der Waals surface area contributed by atoms with Gasteiger partial charge in [-0.15, -0.1) is 0 Å². The topological polar surface area (TPSA) is 157 Å². The van der Waals surface area contributed by atoms with Crippen LogP contribution in [0, 0.1) is 23.7 Å². The molecule has 3 aromatic rings. The Morgan fingerprint density at radius 2 is 1.60 bits per heavy atom. The van der Waals surface area contributed by atoms with Crippen LogP contribution in [-0.2, 0) is 24.6 Å². The van der Waals surface area contributed by atoms with Crippen LogP contribution in [-0.4, -0.2) is 53.9 Å². The molecule has 0 aromatic heterocycles. The Hall–Kier alpha value is -5.16. The maximum atomic E-state index is 15.3. The number of benzene rings is 3. The lowest BCUT2D eigenvalue weighted by atomic mass is 9.49. The lowest BCUT2D eigenvalue weighted by Crippen LogP contribution is -2.53. The summed E-state index contributed by atoms with van der Waals surface area (Å²) in [5.74, 6) is -6.83. The quantitative estimate of drug-likeness (QED) is 0.304. The van der Waals surface area contributed by atoms with Crippen molar-refractivity contribution >= 4 is 46.9 Å². The van der Waals surface area contributed by atoms with Crippen molar-refractivity contribution in [1.82, 2.24) is 4.90 Å². The van der Waals surface area contributed by atoms with E-state index in [-0.39, 0.29) is 35.8 Å². The molecule has 7 rings (SSSR count). The number of anilines is 1. The molecule has 4 aliphatic rings. The highest BCUT2D eigenvalue weighted by Crippen LogP contribution is 2.66. The maximum Gasteiger partial charge on any atom is 0.328 e. The van der Waals surface area contributed by atoms with Crippen LogP contribution in [0.2, 0.25) is 5.02 Å². The van der Waals surface area contributed by atoms with E-state index in [4.69, 9.17) is 26.8 Å². The third kappa shape index (κ3) is 4.15. The van der Waals surface area contributed by atoms with E-state index < -0.39 is 64.7 Å². The lowest BCUT2D eigenvalue weighted by molar-refractivity contribution is -0.136. The molecule has 2 heterocycles. The van der Waals surface area contributed by atoms with Crippen LogP contribution >= 0.6 is 11.6 Å². The number of amides is 6. The SMILES string of the molecule is COc1cc(O)cc(OC)c1C1C2=CCC3C(=O)N(C(N)=O)C(=O)C3C2CC2C(=O)N(c3cccc(Cl)c3)C(=O)C21c1ccccc1. The summed E-state index contributed by atoms with van der Waals surface area (Å²) in [4.78, 5) is 71.1. The zero-order valence-electron chi connectivity index (χ0n) is 25.4. The summed E-state index contributed by atoms with van der Waals surface area (Å²) in [5, 5.41) is 10.9. The number of primary amides is 1. The normalized spacial score (nSPS) is 28.1. The number of allylic oxidation sites excluding steroid dienone is 2. The van der Waals surface area contributed by atoms with Crippen molar-refractivity contribution in [2.45, 2.75) is 24.2 Å². The summed E-state index contributed by atoms with van der Waals surface area (Å²) in [5.41, 5.74) is 5.72. The number of halogens is 1. The van der Waals surface area contributed by atoms with E-state index in [1.807, 2.05) is 6.08 Å². The van der Waals surface area contributed by atoms with Crippen LogP contribution < -0.4 is 20.1 Å². The number of aromatic hydroxyl groups is 1. The number of phenolic OH excluding ortho intramolecular Hbond substituents is 1. The summed E-state index contributed by atoms with van der Waals surface area (Å²) in [6, 6.07) is 17.0. The number of nitrogens with two attached hydrogens (primary N) is 1. The Labute approximate surface area is 274 Å². The molecule has 0 radical (unpaired) electrons. The van der Waals surface area contributed by atoms with Crippen molar-refractivity contribution in [3.8, 4) is 17.2 Å². The highest BCUT2D eigenvalue weighted by Gasteiger charge is 2.71. The zero-order valence-corrected chi connectivity index (χ0v) is 26.1. The fourth-order valence-corrected chi connectivity index (χ4v) is 8.67. The van der Waals surface area contributed by atoms with Crippen LogP contribution in [0.3, 0.4) is 0 Å². The van der Waals surface area contributed by atoms with Gasteiger partial charge in [-0.05, 0) is 42.5 Å². The van der Waals surface area contributed by atoms with E-state index in [1.54, 1.807) is 48.5 Å².